The van der Waals surface area contributed by atoms with E-state index in [0.29, 0.717) is 6.54 Å². The van der Waals surface area contributed by atoms with Crippen LogP contribution in [0.4, 0.5) is 0 Å². The fourth-order valence-corrected chi connectivity index (χ4v) is 2.09. The molecule has 0 atom stereocenters. The van der Waals surface area contributed by atoms with Crippen LogP contribution in [-0.4, -0.2) is 40.6 Å². The number of carbonyl (C=O) groups is 2. The summed E-state index contributed by atoms with van der Waals surface area (Å²) in [7, 11) is 1.61. The molecule has 0 radical (unpaired) electrons. The number of nitrogens with zero attached hydrogens (tertiary/aromatic N) is 2. The summed E-state index contributed by atoms with van der Waals surface area (Å²) in [5.41, 5.74) is 0.627. The predicted molar refractivity (Wildman–Crippen MR) is 87.3 cm³/mol. The van der Waals surface area contributed by atoms with E-state index < -0.39 is 11.9 Å². The van der Waals surface area contributed by atoms with Gasteiger partial charge in [-0.2, -0.15) is 0 Å². The van der Waals surface area contributed by atoms with E-state index in [2.05, 4.69) is 15.3 Å². The van der Waals surface area contributed by atoms with Crippen molar-refractivity contribution in [1.29, 1.82) is 0 Å². The molecule has 0 aliphatic carbocycles. The Kier molecular flexibility index (Phi) is 5.13. The Labute approximate surface area is 139 Å². The molecule has 1 heterocycles. The van der Waals surface area contributed by atoms with Gasteiger partial charge in [-0.25, -0.2) is 14.8 Å². The first kappa shape index (κ1) is 17.4. The van der Waals surface area contributed by atoms with Crippen LogP contribution in [0, 0.1) is 0 Å². The van der Waals surface area contributed by atoms with Crippen molar-refractivity contribution in [3.8, 4) is 5.75 Å². The van der Waals surface area contributed by atoms with Gasteiger partial charge in [-0.1, -0.05) is 26.0 Å². The fraction of sp³-hybridized carbons (Fsp3) is 0.294. The van der Waals surface area contributed by atoms with Crippen molar-refractivity contribution in [3.05, 3.63) is 53.6 Å². The van der Waals surface area contributed by atoms with Crippen LogP contribution in [0.3, 0.4) is 0 Å². The van der Waals surface area contributed by atoms with Gasteiger partial charge in [-0.05, 0) is 17.7 Å². The number of aromatic nitrogens is 2. The van der Waals surface area contributed by atoms with Crippen LogP contribution in [0.1, 0.15) is 40.4 Å². The molecule has 2 aromatic rings. The molecule has 126 valence electrons. The van der Waals surface area contributed by atoms with Crippen LogP contribution >= 0.6 is 0 Å². The minimum atomic E-state index is -1.19. The Bertz CT molecular complexity index is 725. The van der Waals surface area contributed by atoms with E-state index in [9.17, 15) is 9.59 Å². The quantitative estimate of drug-likeness (QED) is 0.839. The molecule has 0 saturated carbocycles. The number of nitrogens with one attached hydrogen (secondary N) is 1. The second-order valence-electron chi connectivity index (χ2n) is 5.89. The topological polar surface area (TPSA) is 101 Å². The molecule has 24 heavy (non-hydrogen) atoms. The molecular weight excluding hydrogens is 310 g/mol. The van der Waals surface area contributed by atoms with Crippen molar-refractivity contribution in [2.24, 2.45) is 0 Å². The van der Waals surface area contributed by atoms with Crippen LogP contribution < -0.4 is 10.1 Å². The summed E-state index contributed by atoms with van der Waals surface area (Å²) in [5, 5.41) is 11.6. The zero-order valence-corrected chi connectivity index (χ0v) is 13.7. The number of hydrogen-bond acceptors (Lipinski definition) is 5. The first-order chi connectivity index (χ1) is 11.3. The van der Waals surface area contributed by atoms with Crippen molar-refractivity contribution < 1.29 is 19.4 Å². The van der Waals surface area contributed by atoms with E-state index in [-0.39, 0.29) is 16.8 Å². The lowest BCUT2D eigenvalue weighted by Gasteiger charge is -2.25. The minimum Gasteiger partial charge on any atom is -0.497 e. The first-order valence-corrected chi connectivity index (χ1v) is 7.31. The van der Waals surface area contributed by atoms with E-state index in [4.69, 9.17) is 9.84 Å². The van der Waals surface area contributed by atoms with Crippen LogP contribution in [-0.2, 0) is 5.41 Å². The molecule has 0 aliphatic heterocycles. The summed E-state index contributed by atoms with van der Waals surface area (Å²) in [4.78, 5) is 30.4. The summed E-state index contributed by atoms with van der Waals surface area (Å²) in [6, 6.07) is 7.64. The third kappa shape index (κ3) is 4.07. The number of carboxylic acids is 1. The number of ether oxygens (including phenoxy) is 1. The highest BCUT2D eigenvalue weighted by molar-refractivity contribution is 5.92. The number of rotatable bonds is 6. The Hall–Kier alpha value is -2.96. The lowest BCUT2D eigenvalue weighted by molar-refractivity contribution is 0.0689. The number of benzene rings is 1. The molecule has 0 aliphatic rings. The maximum atomic E-state index is 12.1. The second-order valence-corrected chi connectivity index (χ2v) is 5.89. The molecular formula is C17H19N3O4. The van der Waals surface area contributed by atoms with Crippen LogP contribution in [0.2, 0.25) is 0 Å². The molecule has 1 aromatic heterocycles. The highest BCUT2D eigenvalue weighted by Crippen LogP contribution is 2.24. The lowest BCUT2D eigenvalue weighted by Crippen LogP contribution is -2.37. The molecule has 2 rings (SSSR count). The average molecular weight is 329 g/mol. The number of aromatic carboxylic acids is 1. The van der Waals surface area contributed by atoms with Gasteiger partial charge in [0.1, 0.15) is 11.4 Å². The lowest BCUT2D eigenvalue weighted by atomic mass is 9.84. The van der Waals surface area contributed by atoms with Crippen molar-refractivity contribution >= 4 is 11.9 Å². The van der Waals surface area contributed by atoms with Gasteiger partial charge in [0.2, 0.25) is 0 Å². The zero-order chi connectivity index (χ0) is 17.7. The van der Waals surface area contributed by atoms with Crippen molar-refractivity contribution in [3.63, 3.8) is 0 Å². The fourth-order valence-electron chi connectivity index (χ4n) is 2.09. The summed E-state index contributed by atoms with van der Waals surface area (Å²) >= 11 is 0. The van der Waals surface area contributed by atoms with Crippen LogP contribution in [0.25, 0.3) is 0 Å². The number of methoxy groups -OCH3 is 1. The Morgan fingerprint density at radius 1 is 1.12 bits per heavy atom. The molecule has 1 aromatic carbocycles. The second kappa shape index (κ2) is 7.08. The molecule has 0 spiro atoms. The van der Waals surface area contributed by atoms with E-state index in [1.54, 1.807) is 7.11 Å². The summed E-state index contributed by atoms with van der Waals surface area (Å²) in [6.45, 7) is 4.41. The third-order valence-corrected chi connectivity index (χ3v) is 3.67. The summed E-state index contributed by atoms with van der Waals surface area (Å²) in [6.07, 6.45) is 2.21. The SMILES string of the molecule is COc1ccc(C(C)(C)CNC(=O)c2cnc(C(=O)O)cn2)cc1. The van der Waals surface area contributed by atoms with E-state index in [0.717, 1.165) is 23.7 Å². The number of hydrogen-bond donors (Lipinski definition) is 2. The molecule has 0 bridgehead atoms. The minimum absolute atomic E-state index is 0.0746. The average Bonchev–Trinajstić information content (AvgIpc) is 2.60. The van der Waals surface area contributed by atoms with E-state index >= 15 is 0 Å². The Morgan fingerprint density at radius 3 is 2.21 bits per heavy atom. The molecule has 0 saturated heterocycles. The van der Waals surface area contributed by atoms with Gasteiger partial charge in [-0.3, -0.25) is 4.79 Å². The van der Waals surface area contributed by atoms with Crippen molar-refractivity contribution in [2.45, 2.75) is 19.3 Å². The molecule has 7 nitrogen and oxygen atoms in total. The zero-order valence-electron chi connectivity index (χ0n) is 13.7. The molecule has 0 unspecified atom stereocenters. The summed E-state index contributed by atoms with van der Waals surface area (Å²) in [5.74, 6) is -0.816. The summed E-state index contributed by atoms with van der Waals surface area (Å²) < 4.78 is 5.14. The largest absolute Gasteiger partial charge is 0.497 e. The highest BCUT2D eigenvalue weighted by atomic mass is 16.5. The van der Waals surface area contributed by atoms with E-state index in [1.807, 2.05) is 38.1 Å². The molecule has 1 amide bonds. The number of amides is 1. The Morgan fingerprint density at radius 2 is 1.71 bits per heavy atom. The van der Waals surface area contributed by atoms with Gasteiger partial charge in [-0.15, -0.1) is 0 Å². The highest BCUT2D eigenvalue weighted by Gasteiger charge is 2.22. The first-order valence-electron chi connectivity index (χ1n) is 7.31. The number of carboxylic acid groups (broad SMARTS) is 1. The predicted octanol–water partition coefficient (Wildman–Crippen LogP) is 1.89. The van der Waals surface area contributed by atoms with Gasteiger partial charge in [0.25, 0.3) is 5.91 Å². The smallest absolute Gasteiger partial charge is 0.356 e. The Balaban J connectivity index is 2.02. The van der Waals surface area contributed by atoms with Crippen molar-refractivity contribution in [2.75, 3.05) is 13.7 Å². The normalized spacial score (nSPS) is 11.0. The molecule has 2 N–H and O–H groups in total. The van der Waals surface area contributed by atoms with Gasteiger partial charge in [0, 0.05) is 12.0 Å². The monoisotopic (exact) mass is 329 g/mol. The van der Waals surface area contributed by atoms with Gasteiger partial charge in [0.15, 0.2) is 5.69 Å². The van der Waals surface area contributed by atoms with Crippen molar-refractivity contribution in [1.82, 2.24) is 15.3 Å². The standard InChI is InChI=1S/C17H19N3O4/c1-17(2,11-4-6-12(24-3)7-5-11)10-20-15(21)13-8-19-14(9-18-13)16(22)23/h4-9H,10H2,1-3H3,(H,20,21)(H,22,23). The number of carbonyl (C=O) groups excluding carboxylic acids is 1. The molecule has 7 heteroatoms. The van der Waals surface area contributed by atoms with Gasteiger partial charge in [0.05, 0.1) is 19.5 Å². The van der Waals surface area contributed by atoms with E-state index in [1.165, 1.54) is 0 Å². The third-order valence-electron chi connectivity index (χ3n) is 3.67. The van der Waals surface area contributed by atoms with Gasteiger partial charge >= 0.3 is 5.97 Å². The maximum Gasteiger partial charge on any atom is 0.356 e. The van der Waals surface area contributed by atoms with Crippen LogP contribution in [0.15, 0.2) is 36.7 Å². The maximum absolute atomic E-state index is 12.1. The van der Waals surface area contributed by atoms with Gasteiger partial charge < -0.3 is 15.2 Å². The molecule has 0 fully saturated rings. The van der Waals surface area contributed by atoms with Crippen LogP contribution in [0.5, 0.6) is 5.75 Å².